The molecule has 1 unspecified atom stereocenters. The van der Waals surface area contributed by atoms with Crippen LogP contribution < -0.4 is 5.73 Å². The number of hydrogen-bond acceptors (Lipinski definition) is 3. The van der Waals surface area contributed by atoms with E-state index in [1.807, 2.05) is 0 Å². The minimum absolute atomic E-state index is 0.435. The van der Waals surface area contributed by atoms with Gasteiger partial charge >= 0.3 is 0 Å². The molecule has 13 heavy (non-hydrogen) atoms. The van der Waals surface area contributed by atoms with Crippen molar-refractivity contribution in [2.24, 2.45) is 5.73 Å². The summed E-state index contributed by atoms with van der Waals surface area (Å²) in [6.45, 7) is 3.31. The molecule has 0 bridgehead atoms. The third-order valence-electron chi connectivity index (χ3n) is 2.46. The Morgan fingerprint density at radius 1 is 1.69 bits per heavy atom. The van der Waals surface area contributed by atoms with E-state index in [2.05, 4.69) is 4.90 Å². The molecule has 0 aromatic rings. The van der Waals surface area contributed by atoms with Crippen LogP contribution in [-0.4, -0.2) is 42.7 Å². The third kappa shape index (κ3) is 4.02. The van der Waals surface area contributed by atoms with Crippen LogP contribution in [0.3, 0.4) is 0 Å². The molecule has 2 N–H and O–H groups in total. The second-order valence-electron chi connectivity index (χ2n) is 3.52. The second kappa shape index (κ2) is 5.52. The van der Waals surface area contributed by atoms with E-state index in [9.17, 15) is 0 Å². The van der Waals surface area contributed by atoms with Gasteiger partial charge in [-0.05, 0) is 25.8 Å². The van der Waals surface area contributed by atoms with Crippen molar-refractivity contribution in [3.8, 4) is 0 Å². The lowest BCUT2D eigenvalue weighted by Gasteiger charge is -2.14. The van der Waals surface area contributed by atoms with Gasteiger partial charge in [0.2, 0.25) is 0 Å². The average Bonchev–Trinajstić information content (AvgIpc) is 2.52. The molecule has 1 atom stereocenters. The van der Waals surface area contributed by atoms with E-state index in [0.29, 0.717) is 11.1 Å². The minimum atomic E-state index is 0.435. The first-order valence-corrected chi connectivity index (χ1v) is 5.16. The van der Waals surface area contributed by atoms with Crippen LogP contribution in [0.5, 0.6) is 0 Å². The smallest absolute Gasteiger partial charge is 0.0727 e. The lowest BCUT2D eigenvalue weighted by atomic mass is 10.3. The zero-order chi connectivity index (χ0) is 9.68. The van der Waals surface area contributed by atoms with Crippen LogP contribution in [0.1, 0.15) is 19.3 Å². The molecule has 1 fully saturated rings. The number of rotatable bonds is 5. The molecule has 0 aromatic carbocycles. The van der Waals surface area contributed by atoms with Gasteiger partial charge in [0.25, 0.3) is 0 Å². The van der Waals surface area contributed by atoms with Gasteiger partial charge in [-0.1, -0.05) is 12.2 Å². The van der Waals surface area contributed by atoms with Crippen LogP contribution in [0.4, 0.5) is 0 Å². The maximum atomic E-state index is 5.42. The Balaban J connectivity index is 2.07. The zero-order valence-corrected chi connectivity index (χ0v) is 8.98. The summed E-state index contributed by atoms with van der Waals surface area (Å²) in [7, 11) is 1.78. The van der Waals surface area contributed by atoms with Crippen molar-refractivity contribution in [1.82, 2.24) is 4.90 Å². The molecule has 1 aliphatic heterocycles. The fraction of sp³-hybridized carbons (Fsp3) is 0.889. The monoisotopic (exact) mass is 202 g/mol. The van der Waals surface area contributed by atoms with E-state index in [1.54, 1.807) is 7.11 Å². The van der Waals surface area contributed by atoms with Crippen LogP contribution in [-0.2, 0) is 4.74 Å². The number of nitrogens with zero attached hydrogens (tertiary/aromatic N) is 1. The number of thiocarbonyl (C=S) groups is 1. The summed E-state index contributed by atoms with van der Waals surface area (Å²) in [6, 6.07) is 0. The summed E-state index contributed by atoms with van der Waals surface area (Å²) < 4.78 is 5.28. The van der Waals surface area contributed by atoms with Crippen LogP contribution >= 0.6 is 12.2 Å². The molecule has 1 saturated heterocycles. The molecule has 4 heteroatoms. The van der Waals surface area contributed by atoms with Gasteiger partial charge in [0.05, 0.1) is 11.1 Å². The summed E-state index contributed by atoms with van der Waals surface area (Å²) in [5.41, 5.74) is 5.42. The molecule has 76 valence electrons. The molecule has 1 aliphatic rings. The predicted octanol–water partition coefficient (Wildman–Crippen LogP) is 0.773. The van der Waals surface area contributed by atoms with Gasteiger partial charge in [-0.3, -0.25) is 0 Å². The lowest BCUT2D eigenvalue weighted by Crippen LogP contribution is -2.24. The second-order valence-corrected chi connectivity index (χ2v) is 4.04. The Kier molecular flexibility index (Phi) is 4.62. The van der Waals surface area contributed by atoms with Crippen LogP contribution in [0.2, 0.25) is 0 Å². The number of hydrogen-bond donors (Lipinski definition) is 1. The van der Waals surface area contributed by atoms with Crippen LogP contribution in [0, 0.1) is 0 Å². The van der Waals surface area contributed by atoms with E-state index in [0.717, 1.165) is 38.9 Å². The van der Waals surface area contributed by atoms with Crippen molar-refractivity contribution in [2.75, 3.05) is 26.7 Å². The Bertz CT molecular complexity index is 175. The highest BCUT2D eigenvalue weighted by Crippen LogP contribution is 2.12. The molecule has 0 radical (unpaired) electrons. The number of likely N-dealkylation sites (tertiary alicyclic amines) is 1. The van der Waals surface area contributed by atoms with Crippen molar-refractivity contribution in [3.05, 3.63) is 0 Å². The SMILES string of the molecule is COC1CCN(CCCC(N)=S)C1. The molecule has 0 amide bonds. The average molecular weight is 202 g/mol. The van der Waals surface area contributed by atoms with Crippen LogP contribution in [0.25, 0.3) is 0 Å². The molecule has 0 aromatic heterocycles. The van der Waals surface area contributed by atoms with Gasteiger partial charge in [0.1, 0.15) is 0 Å². The van der Waals surface area contributed by atoms with E-state index in [4.69, 9.17) is 22.7 Å². The van der Waals surface area contributed by atoms with Gasteiger partial charge in [-0.2, -0.15) is 0 Å². The summed E-state index contributed by atoms with van der Waals surface area (Å²) >= 11 is 4.82. The van der Waals surface area contributed by atoms with Gasteiger partial charge in [-0.15, -0.1) is 0 Å². The predicted molar refractivity (Wildman–Crippen MR) is 57.9 cm³/mol. The summed E-state index contributed by atoms with van der Waals surface area (Å²) in [5.74, 6) is 0. The first kappa shape index (κ1) is 10.9. The molecular formula is C9H18N2OS. The van der Waals surface area contributed by atoms with E-state index in [1.165, 1.54) is 0 Å². The molecular weight excluding hydrogens is 184 g/mol. The van der Waals surface area contributed by atoms with Gasteiger partial charge in [0, 0.05) is 20.2 Å². The van der Waals surface area contributed by atoms with Crippen LogP contribution in [0.15, 0.2) is 0 Å². The molecule has 1 heterocycles. The van der Waals surface area contributed by atoms with Crippen molar-refractivity contribution in [2.45, 2.75) is 25.4 Å². The highest BCUT2D eigenvalue weighted by Gasteiger charge is 2.20. The quantitative estimate of drug-likeness (QED) is 0.668. The summed E-state index contributed by atoms with van der Waals surface area (Å²) in [5, 5.41) is 0. The van der Waals surface area contributed by atoms with E-state index in [-0.39, 0.29) is 0 Å². The first-order valence-electron chi connectivity index (χ1n) is 4.76. The normalized spacial score (nSPS) is 23.6. The summed E-state index contributed by atoms with van der Waals surface area (Å²) in [4.78, 5) is 3.04. The third-order valence-corrected chi connectivity index (χ3v) is 2.66. The zero-order valence-electron chi connectivity index (χ0n) is 8.16. The fourth-order valence-electron chi connectivity index (χ4n) is 1.67. The maximum Gasteiger partial charge on any atom is 0.0727 e. The lowest BCUT2D eigenvalue weighted by molar-refractivity contribution is 0.108. The highest BCUT2D eigenvalue weighted by atomic mass is 32.1. The Hall–Kier alpha value is -0.190. The molecule has 3 nitrogen and oxygen atoms in total. The van der Waals surface area contributed by atoms with Gasteiger partial charge in [0.15, 0.2) is 0 Å². The summed E-state index contributed by atoms with van der Waals surface area (Å²) in [6.07, 6.45) is 3.53. The maximum absolute atomic E-state index is 5.42. The van der Waals surface area contributed by atoms with Crippen molar-refractivity contribution >= 4 is 17.2 Å². The van der Waals surface area contributed by atoms with Gasteiger partial charge < -0.3 is 15.4 Å². The topological polar surface area (TPSA) is 38.5 Å². The van der Waals surface area contributed by atoms with Crippen molar-refractivity contribution in [3.63, 3.8) is 0 Å². The van der Waals surface area contributed by atoms with Gasteiger partial charge in [-0.25, -0.2) is 0 Å². The van der Waals surface area contributed by atoms with Crippen molar-refractivity contribution in [1.29, 1.82) is 0 Å². The Morgan fingerprint density at radius 2 is 2.46 bits per heavy atom. The first-order chi connectivity index (χ1) is 6.22. The number of nitrogens with two attached hydrogens (primary N) is 1. The van der Waals surface area contributed by atoms with E-state index >= 15 is 0 Å². The van der Waals surface area contributed by atoms with E-state index < -0.39 is 0 Å². The Morgan fingerprint density at radius 3 is 3.00 bits per heavy atom. The van der Waals surface area contributed by atoms with Crippen molar-refractivity contribution < 1.29 is 4.74 Å². The minimum Gasteiger partial charge on any atom is -0.393 e. The Labute approximate surface area is 85.2 Å². The molecule has 0 aliphatic carbocycles. The molecule has 0 spiro atoms. The standard InChI is InChI=1S/C9H18N2OS/c1-12-8-4-6-11(7-8)5-2-3-9(10)13/h8H,2-7H2,1H3,(H2,10,13). The molecule has 1 rings (SSSR count). The molecule has 0 saturated carbocycles. The highest BCUT2D eigenvalue weighted by molar-refractivity contribution is 7.80. The largest absolute Gasteiger partial charge is 0.393 e. The number of ether oxygens (including phenoxy) is 1. The number of methoxy groups -OCH3 is 1. The fourth-order valence-corrected chi connectivity index (χ4v) is 1.81.